The second kappa shape index (κ2) is 29.5. The quantitative estimate of drug-likeness (QED) is 0.0218. The number of amides is 10. The van der Waals surface area contributed by atoms with Crippen molar-refractivity contribution in [3.05, 3.63) is 71.2 Å². The Bertz CT molecular complexity index is 2590. The molecule has 414 valence electrons. The van der Waals surface area contributed by atoms with E-state index in [0.717, 1.165) is 12.0 Å². The molecule has 0 spiro atoms. The van der Waals surface area contributed by atoms with Crippen molar-refractivity contribution in [3.63, 3.8) is 0 Å². The lowest BCUT2D eigenvalue weighted by Crippen LogP contribution is -2.62. The van der Waals surface area contributed by atoms with Crippen LogP contribution in [0.3, 0.4) is 0 Å². The van der Waals surface area contributed by atoms with E-state index >= 15 is 9.59 Å². The number of aromatic amines is 1. The number of ether oxygens (including phenoxy) is 2. The first kappa shape index (κ1) is 60.0. The molecule has 25 nitrogen and oxygen atoms in total. The van der Waals surface area contributed by atoms with Gasteiger partial charge in [0.15, 0.2) is 0 Å². The van der Waals surface area contributed by atoms with Crippen molar-refractivity contribution < 1.29 is 71.8 Å². The second-order valence-electron chi connectivity index (χ2n) is 18.0. The van der Waals surface area contributed by atoms with Gasteiger partial charge in [-0.3, -0.25) is 52.8 Å². The highest BCUT2D eigenvalue weighted by atomic mass is 127. The zero-order valence-electron chi connectivity index (χ0n) is 42.4. The van der Waals surface area contributed by atoms with Crippen molar-refractivity contribution >= 4 is 92.6 Å². The number of fused-ring (bicyclic) bond motifs is 5. The highest BCUT2D eigenvalue weighted by Crippen LogP contribution is 2.26. The summed E-state index contributed by atoms with van der Waals surface area (Å²) < 4.78 is 26.8. The fourth-order valence-corrected chi connectivity index (χ4v) is 8.71. The minimum atomic E-state index is -1.60. The lowest BCUT2D eigenvalue weighted by atomic mass is 10.00. The number of H-pyrrole nitrogens is 1. The maximum atomic E-state index is 15.2. The molecule has 2 aliphatic heterocycles. The highest BCUT2D eigenvalue weighted by molar-refractivity contribution is 14.1. The van der Waals surface area contributed by atoms with Crippen molar-refractivity contribution in [3.8, 4) is 0 Å². The summed E-state index contributed by atoms with van der Waals surface area (Å²) in [5.41, 5.74) is 3.91. The Kier molecular flexibility index (Phi) is 23.3. The van der Waals surface area contributed by atoms with Crippen LogP contribution in [-0.2, 0) is 81.6 Å². The Hall–Kier alpha value is -6.82. The van der Waals surface area contributed by atoms with Gasteiger partial charge >= 0.3 is 0 Å². The van der Waals surface area contributed by atoms with Gasteiger partial charge in [0.2, 0.25) is 53.2 Å². The summed E-state index contributed by atoms with van der Waals surface area (Å²) >= 11 is 2.11. The Morgan fingerprint density at radius 3 is 2.39 bits per heavy atom. The van der Waals surface area contributed by atoms with Gasteiger partial charge in [0, 0.05) is 80.3 Å². The molecule has 1 fully saturated rings. The number of hydrogen-bond donors (Lipinski definition) is 11. The molecule has 2 aliphatic rings. The standard InChI is InChI=1S/C49H65FIN11O14/c1-26(56-40(66)11-10-38(64)52-3)44(68)59-36(24-55-39(65)13-16-75-17-14-51)46(70)57-34-19-28-6-5-7-29(18-28)22-54-41(67)25-76-37-12-15-62(43(37)48(72)60-42(27(2)63)47(71)61-74-4)49(73)35(58-45(34)69)20-30-23-53-33-9-8-31(50)21-32(30)33/h5-9,18,21,23,26-27,34-37,42-43,53,63H,10-17,19-20,22,24-25H2,1-4H3,(H,52,64)(H,54,67)(H,55,65)(H,56,66)(H,57,70)(H,58,69)(H,59,68)(H,60,72)(H,61,71)/t26-,27+,34-,35-,36+,37-,42-,43-/m0/s1. The first-order chi connectivity index (χ1) is 36.3. The largest absolute Gasteiger partial charge is 0.391 e. The zero-order valence-corrected chi connectivity index (χ0v) is 44.5. The van der Waals surface area contributed by atoms with E-state index in [2.05, 4.69) is 75.6 Å². The predicted octanol–water partition coefficient (Wildman–Crippen LogP) is -2.31. The van der Waals surface area contributed by atoms with Gasteiger partial charge in [-0.1, -0.05) is 46.9 Å². The molecule has 8 atom stereocenters. The third-order valence-electron chi connectivity index (χ3n) is 12.4. The number of nitrogens with one attached hydrogen (secondary N) is 10. The van der Waals surface area contributed by atoms with E-state index in [1.807, 2.05) is 0 Å². The van der Waals surface area contributed by atoms with E-state index in [0.29, 0.717) is 38.6 Å². The zero-order chi connectivity index (χ0) is 55.5. The molecule has 76 heavy (non-hydrogen) atoms. The molecule has 3 heterocycles. The minimum Gasteiger partial charge on any atom is -0.391 e. The fraction of sp³-hybridized carbons (Fsp3) is 0.510. The summed E-state index contributed by atoms with van der Waals surface area (Å²) in [5.74, 6) is -8.38. The minimum absolute atomic E-state index is 0.0200. The third kappa shape index (κ3) is 17.6. The Labute approximate surface area is 450 Å². The SMILES string of the molecule is CNC(=O)CCC(=O)N[C@@H](C)C(=O)N[C@H](CNC(=O)CCOCCI)C(=O)N[C@H]1Cc2cccc(c2)CNC(=O)CO[C@H]2CCN(C(=O)[C@H](Cc3c[nH]c4ccc(F)cc34)NC1=O)[C@@H]2C(=O)N[C@H](C(=O)NOC)[C@@H](C)O. The highest BCUT2D eigenvalue weighted by Gasteiger charge is 2.46. The van der Waals surface area contributed by atoms with Crippen molar-refractivity contribution in [2.75, 3.05) is 51.5 Å². The molecule has 0 radical (unpaired) electrons. The number of aliphatic hydroxyl groups is 1. The molecule has 2 aromatic carbocycles. The maximum absolute atomic E-state index is 15.2. The number of halogens is 2. The number of carbonyl (C=O) groups is 10. The Morgan fingerprint density at radius 1 is 0.921 bits per heavy atom. The molecule has 1 aromatic heterocycles. The summed E-state index contributed by atoms with van der Waals surface area (Å²) in [4.78, 5) is 145. The number of alkyl halides is 1. The van der Waals surface area contributed by atoms with Crippen LogP contribution in [0.15, 0.2) is 48.7 Å². The van der Waals surface area contributed by atoms with Crippen LogP contribution in [0.5, 0.6) is 0 Å². The molecule has 0 unspecified atom stereocenters. The van der Waals surface area contributed by atoms with Crippen LogP contribution in [0.2, 0.25) is 0 Å². The van der Waals surface area contributed by atoms with Crippen molar-refractivity contribution in [2.24, 2.45) is 0 Å². The number of carbonyl (C=O) groups excluding carboxylic acids is 10. The first-order valence-electron chi connectivity index (χ1n) is 24.5. The smallest absolute Gasteiger partial charge is 0.268 e. The Morgan fingerprint density at radius 2 is 1.67 bits per heavy atom. The van der Waals surface area contributed by atoms with Gasteiger partial charge in [0.1, 0.15) is 48.7 Å². The molecule has 5 rings (SSSR count). The van der Waals surface area contributed by atoms with Gasteiger partial charge in [0.05, 0.1) is 32.5 Å². The van der Waals surface area contributed by atoms with Crippen molar-refractivity contribution in [2.45, 2.75) is 107 Å². The molecule has 1 saturated heterocycles. The summed E-state index contributed by atoms with van der Waals surface area (Å²) in [5, 5.41) is 31.5. The maximum Gasteiger partial charge on any atom is 0.268 e. The first-order valence-corrected chi connectivity index (χ1v) is 26.0. The van der Waals surface area contributed by atoms with Crippen LogP contribution >= 0.6 is 22.6 Å². The van der Waals surface area contributed by atoms with Crippen LogP contribution in [0.4, 0.5) is 4.39 Å². The number of hydroxylamine groups is 1. The van der Waals surface area contributed by atoms with E-state index in [1.165, 1.54) is 45.3 Å². The van der Waals surface area contributed by atoms with Gasteiger partial charge in [-0.25, -0.2) is 9.87 Å². The number of benzene rings is 2. The van der Waals surface area contributed by atoms with Crippen LogP contribution in [0.25, 0.3) is 10.9 Å². The van der Waals surface area contributed by atoms with Gasteiger partial charge < -0.3 is 67.0 Å². The van der Waals surface area contributed by atoms with E-state index in [-0.39, 0.29) is 58.2 Å². The lowest BCUT2D eigenvalue weighted by Gasteiger charge is -2.32. The average Bonchev–Trinajstić information content (AvgIpc) is 4.01. The molecule has 4 bridgehead atoms. The molecule has 3 aromatic rings. The van der Waals surface area contributed by atoms with Crippen LogP contribution in [0.1, 0.15) is 56.2 Å². The van der Waals surface area contributed by atoms with Gasteiger partial charge in [-0.05, 0) is 55.2 Å². The average molecular weight is 1180 g/mol. The summed E-state index contributed by atoms with van der Waals surface area (Å²) in [6.07, 6.45) is -2.26. The summed E-state index contributed by atoms with van der Waals surface area (Å²) in [7, 11) is 2.54. The lowest BCUT2D eigenvalue weighted by molar-refractivity contribution is -0.147. The summed E-state index contributed by atoms with van der Waals surface area (Å²) in [6, 6.07) is 1.41. The molecule has 0 aliphatic carbocycles. The second-order valence-corrected chi connectivity index (χ2v) is 19.1. The molecule has 11 N–H and O–H groups in total. The Balaban J connectivity index is 1.54. The van der Waals surface area contributed by atoms with Gasteiger partial charge in [0.25, 0.3) is 5.91 Å². The molecular weight excluding hydrogens is 1110 g/mol. The van der Waals surface area contributed by atoms with E-state index < -0.39 is 126 Å². The number of aromatic nitrogens is 1. The molecule has 0 saturated carbocycles. The monoisotopic (exact) mass is 1180 g/mol. The summed E-state index contributed by atoms with van der Waals surface area (Å²) in [6.45, 7) is 1.72. The number of nitrogens with zero attached hydrogens (tertiary/aromatic N) is 1. The number of rotatable bonds is 22. The fourth-order valence-electron chi connectivity index (χ4n) is 8.40. The van der Waals surface area contributed by atoms with E-state index in [4.69, 9.17) is 14.3 Å². The third-order valence-corrected chi connectivity index (χ3v) is 12.8. The van der Waals surface area contributed by atoms with Gasteiger partial charge in [-0.2, -0.15) is 0 Å². The molecule has 10 amide bonds. The number of hydrogen-bond acceptors (Lipinski definition) is 14. The topological polar surface area (TPSA) is 346 Å². The van der Waals surface area contributed by atoms with Crippen LogP contribution in [-0.4, -0.2) is 174 Å². The van der Waals surface area contributed by atoms with E-state index in [1.54, 1.807) is 24.3 Å². The number of aliphatic hydroxyl groups excluding tert-OH is 1. The molecular formula is C49H65FIN11O14. The van der Waals surface area contributed by atoms with E-state index in [9.17, 15) is 47.9 Å². The van der Waals surface area contributed by atoms with Gasteiger partial charge in [-0.15, -0.1) is 0 Å². The van der Waals surface area contributed by atoms with Crippen LogP contribution in [0, 0.1) is 5.82 Å². The normalized spacial score (nSPS) is 19.6. The van der Waals surface area contributed by atoms with Crippen LogP contribution < -0.4 is 48.0 Å². The predicted molar refractivity (Wildman–Crippen MR) is 277 cm³/mol. The van der Waals surface area contributed by atoms with Crippen molar-refractivity contribution in [1.29, 1.82) is 0 Å². The molecule has 27 heteroatoms. The van der Waals surface area contributed by atoms with Crippen molar-refractivity contribution in [1.82, 2.24) is 57.9 Å².